The van der Waals surface area contributed by atoms with E-state index in [2.05, 4.69) is 4.98 Å². The summed E-state index contributed by atoms with van der Waals surface area (Å²) in [4.78, 5) is 16.0. The second-order valence-corrected chi connectivity index (χ2v) is 7.36. The molecule has 1 fully saturated rings. The first-order chi connectivity index (χ1) is 13.0. The second kappa shape index (κ2) is 9.18. The fourth-order valence-electron chi connectivity index (χ4n) is 3.51. The third kappa shape index (κ3) is 5.42. The van der Waals surface area contributed by atoms with Crippen molar-refractivity contribution in [3.63, 3.8) is 0 Å². The molecule has 1 aliphatic carbocycles. The molecule has 0 amide bonds. The van der Waals surface area contributed by atoms with Crippen molar-refractivity contribution >= 4 is 17.6 Å². The molecular formula is C21H23ClFNO3. The number of pyridine rings is 1. The highest BCUT2D eigenvalue weighted by Gasteiger charge is 2.25. The van der Waals surface area contributed by atoms with Crippen molar-refractivity contribution in [2.45, 2.75) is 44.6 Å². The Morgan fingerprint density at radius 1 is 1.22 bits per heavy atom. The maximum atomic E-state index is 13.9. The minimum absolute atomic E-state index is 0.103. The summed E-state index contributed by atoms with van der Waals surface area (Å²) in [6.07, 6.45) is 4.45. The van der Waals surface area contributed by atoms with Crippen LogP contribution in [0.5, 0.6) is 5.88 Å². The largest absolute Gasteiger partial charge is 0.473 e. The van der Waals surface area contributed by atoms with Gasteiger partial charge in [0, 0.05) is 34.7 Å². The molecule has 1 heterocycles. The summed E-state index contributed by atoms with van der Waals surface area (Å²) in [6.45, 7) is 0.103. The number of nitrogens with zero attached hydrogens (tertiary/aromatic N) is 1. The van der Waals surface area contributed by atoms with Crippen molar-refractivity contribution in [3.8, 4) is 5.88 Å². The van der Waals surface area contributed by atoms with Gasteiger partial charge in [0.2, 0.25) is 5.88 Å². The Morgan fingerprint density at radius 2 is 2.00 bits per heavy atom. The normalized spacial score (nSPS) is 19.5. The molecule has 0 aliphatic heterocycles. The zero-order valence-corrected chi connectivity index (χ0v) is 16.0. The van der Waals surface area contributed by atoms with Crippen molar-refractivity contribution in [2.24, 2.45) is 5.92 Å². The van der Waals surface area contributed by atoms with Gasteiger partial charge in [-0.2, -0.15) is 0 Å². The van der Waals surface area contributed by atoms with Crippen LogP contribution >= 0.6 is 11.6 Å². The predicted octanol–water partition coefficient (Wildman–Crippen LogP) is 5.29. The molecule has 0 saturated heterocycles. The lowest BCUT2D eigenvalue weighted by Gasteiger charge is -2.27. The molecule has 0 radical (unpaired) electrons. The maximum Gasteiger partial charge on any atom is 0.305 e. The molecule has 0 N–H and O–H groups in total. The summed E-state index contributed by atoms with van der Waals surface area (Å²) in [5, 5.41) is 0.360. The van der Waals surface area contributed by atoms with Crippen molar-refractivity contribution in [1.82, 2.24) is 4.98 Å². The molecule has 6 heteroatoms. The van der Waals surface area contributed by atoms with E-state index in [9.17, 15) is 9.18 Å². The smallest absolute Gasteiger partial charge is 0.305 e. The number of methoxy groups -OCH3 is 1. The molecule has 27 heavy (non-hydrogen) atoms. The summed E-state index contributed by atoms with van der Waals surface area (Å²) in [5.74, 6) is 0.707. The van der Waals surface area contributed by atoms with E-state index in [1.165, 1.54) is 13.2 Å². The molecule has 0 atom stereocenters. The van der Waals surface area contributed by atoms with E-state index in [0.29, 0.717) is 34.7 Å². The Hall–Kier alpha value is -2.14. The molecule has 1 aromatic carbocycles. The van der Waals surface area contributed by atoms with Gasteiger partial charge in [0.25, 0.3) is 0 Å². The number of hydrogen-bond acceptors (Lipinski definition) is 4. The van der Waals surface area contributed by atoms with Gasteiger partial charge in [-0.3, -0.25) is 4.79 Å². The number of carbonyl (C=O) groups is 1. The minimum Gasteiger partial charge on any atom is -0.473 e. The molecule has 144 valence electrons. The topological polar surface area (TPSA) is 48.4 Å². The Bertz CT molecular complexity index is 791. The van der Waals surface area contributed by atoms with Crippen LogP contribution in [0.1, 0.15) is 49.3 Å². The van der Waals surface area contributed by atoms with E-state index >= 15 is 0 Å². The number of esters is 1. The highest BCUT2D eigenvalue weighted by molar-refractivity contribution is 6.30. The molecule has 4 nitrogen and oxygen atoms in total. The molecule has 3 rings (SSSR count). The zero-order valence-electron chi connectivity index (χ0n) is 15.3. The van der Waals surface area contributed by atoms with E-state index in [0.717, 1.165) is 31.4 Å². The van der Waals surface area contributed by atoms with Crippen LogP contribution in [0, 0.1) is 11.7 Å². The SMILES string of the molecule is COC(=O)CC1CCC(c2cccc(OCc3ccc(Cl)cc3F)n2)CC1. The van der Waals surface area contributed by atoms with Gasteiger partial charge in [-0.25, -0.2) is 9.37 Å². The highest BCUT2D eigenvalue weighted by atomic mass is 35.5. The van der Waals surface area contributed by atoms with Crippen molar-refractivity contribution in [2.75, 3.05) is 7.11 Å². The Morgan fingerprint density at radius 3 is 2.70 bits per heavy atom. The molecule has 0 bridgehead atoms. The summed E-state index contributed by atoms with van der Waals surface area (Å²) in [7, 11) is 1.43. The van der Waals surface area contributed by atoms with E-state index in [1.54, 1.807) is 18.2 Å². The van der Waals surface area contributed by atoms with Crippen molar-refractivity contribution < 1.29 is 18.7 Å². The average molecular weight is 392 g/mol. The number of rotatable bonds is 6. The molecule has 1 aromatic heterocycles. The third-order valence-electron chi connectivity index (χ3n) is 5.08. The van der Waals surface area contributed by atoms with Crippen LogP contribution in [-0.2, 0) is 16.1 Å². The van der Waals surface area contributed by atoms with Crippen molar-refractivity contribution in [1.29, 1.82) is 0 Å². The Balaban J connectivity index is 1.57. The van der Waals surface area contributed by atoms with Crippen molar-refractivity contribution in [3.05, 3.63) is 58.5 Å². The second-order valence-electron chi connectivity index (χ2n) is 6.92. The van der Waals surface area contributed by atoms with Gasteiger partial charge < -0.3 is 9.47 Å². The third-order valence-corrected chi connectivity index (χ3v) is 5.32. The van der Waals surface area contributed by atoms with Crippen LogP contribution in [0.3, 0.4) is 0 Å². The monoisotopic (exact) mass is 391 g/mol. The van der Waals surface area contributed by atoms with E-state index < -0.39 is 0 Å². The number of ether oxygens (including phenoxy) is 2. The summed E-state index contributed by atoms with van der Waals surface area (Å²) >= 11 is 5.77. The van der Waals surface area contributed by atoms with Crippen LogP contribution in [0.25, 0.3) is 0 Å². The average Bonchev–Trinajstić information content (AvgIpc) is 2.68. The van der Waals surface area contributed by atoms with Gasteiger partial charge in [0.05, 0.1) is 7.11 Å². The Kier molecular flexibility index (Phi) is 6.67. The van der Waals surface area contributed by atoms with Crippen LogP contribution in [0.2, 0.25) is 5.02 Å². The van der Waals surface area contributed by atoms with Gasteiger partial charge in [0.15, 0.2) is 0 Å². The van der Waals surface area contributed by atoms with Crippen LogP contribution in [0.4, 0.5) is 4.39 Å². The highest BCUT2D eigenvalue weighted by Crippen LogP contribution is 2.37. The lowest BCUT2D eigenvalue weighted by atomic mass is 9.79. The van der Waals surface area contributed by atoms with Gasteiger partial charge in [0.1, 0.15) is 12.4 Å². The fourth-order valence-corrected chi connectivity index (χ4v) is 3.67. The molecule has 1 saturated carbocycles. The lowest BCUT2D eigenvalue weighted by molar-refractivity contribution is -0.142. The maximum absolute atomic E-state index is 13.9. The number of carbonyl (C=O) groups excluding carboxylic acids is 1. The number of hydrogen-bond donors (Lipinski definition) is 0. The van der Waals surface area contributed by atoms with Gasteiger partial charge in [-0.05, 0) is 49.8 Å². The summed E-state index contributed by atoms with van der Waals surface area (Å²) in [6, 6.07) is 10.2. The number of aromatic nitrogens is 1. The first-order valence-electron chi connectivity index (χ1n) is 9.15. The summed E-state index contributed by atoms with van der Waals surface area (Å²) in [5.41, 5.74) is 1.43. The molecular weight excluding hydrogens is 369 g/mol. The van der Waals surface area contributed by atoms with E-state index in [-0.39, 0.29) is 18.4 Å². The van der Waals surface area contributed by atoms with Gasteiger partial charge in [-0.1, -0.05) is 23.7 Å². The van der Waals surface area contributed by atoms with Crippen LogP contribution in [-0.4, -0.2) is 18.1 Å². The predicted molar refractivity (Wildman–Crippen MR) is 101 cm³/mol. The minimum atomic E-state index is -0.386. The van der Waals surface area contributed by atoms with Gasteiger partial charge in [-0.15, -0.1) is 0 Å². The molecule has 1 aliphatic rings. The van der Waals surface area contributed by atoms with Crippen LogP contribution in [0.15, 0.2) is 36.4 Å². The Labute approximate surface area is 163 Å². The van der Waals surface area contributed by atoms with E-state index in [4.69, 9.17) is 21.1 Å². The zero-order chi connectivity index (χ0) is 19.2. The lowest BCUT2D eigenvalue weighted by Crippen LogP contribution is -2.17. The number of benzene rings is 1. The molecule has 0 unspecified atom stereocenters. The molecule has 2 aromatic rings. The number of halogens is 2. The fraction of sp³-hybridized carbons (Fsp3) is 0.429. The standard InChI is InChI=1S/C21H23ClFNO3/c1-26-21(25)11-14-5-7-15(8-6-14)19-3-2-4-20(24-19)27-13-16-9-10-17(22)12-18(16)23/h2-4,9-10,12,14-15H,5-8,11,13H2,1H3. The quantitative estimate of drug-likeness (QED) is 0.628. The van der Waals surface area contributed by atoms with Gasteiger partial charge >= 0.3 is 5.97 Å². The first kappa shape index (κ1) is 19.6. The molecule has 0 spiro atoms. The first-order valence-corrected chi connectivity index (χ1v) is 9.53. The summed E-state index contributed by atoms with van der Waals surface area (Å²) < 4.78 is 24.3. The van der Waals surface area contributed by atoms with Crippen LogP contribution < -0.4 is 4.74 Å². The van der Waals surface area contributed by atoms with E-state index in [1.807, 2.05) is 12.1 Å².